The molecule has 3 fully saturated rings. The second-order valence-electron chi connectivity index (χ2n) is 6.52. The van der Waals surface area contributed by atoms with E-state index in [-0.39, 0.29) is 17.4 Å². The Labute approximate surface area is 126 Å². The lowest BCUT2D eigenvalue weighted by Crippen LogP contribution is -2.52. The van der Waals surface area contributed by atoms with Gasteiger partial charge < -0.3 is 14.4 Å². The highest BCUT2D eigenvalue weighted by atomic mass is 16.6. The lowest BCUT2D eigenvalue weighted by atomic mass is 9.71. The van der Waals surface area contributed by atoms with E-state index < -0.39 is 0 Å². The van der Waals surface area contributed by atoms with Gasteiger partial charge in [0, 0.05) is 13.0 Å². The zero-order valence-electron chi connectivity index (χ0n) is 12.8. The molecule has 3 rings (SSSR count). The van der Waals surface area contributed by atoms with Gasteiger partial charge in [-0.3, -0.25) is 9.59 Å². The Morgan fingerprint density at radius 3 is 3.00 bits per heavy atom. The number of fused-ring (bicyclic) bond motifs is 1. The first-order chi connectivity index (χ1) is 10.2. The fourth-order valence-electron chi connectivity index (χ4n) is 4.16. The summed E-state index contributed by atoms with van der Waals surface area (Å²) in [6, 6.07) is 0. The molecule has 1 amide bonds. The number of nitrogens with zero attached hydrogens (tertiary/aromatic N) is 1. The summed E-state index contributed by atoms with van der Waals surface area (Å²) in [4.78, 5) is 26.5. The van der Waals surface area contributed by atoms with Crippen molar-refractivity contribution in [2.75, 3.05) is 19.8 Å². The van der Waals surface area contributed by atoms with Gasteiger partial charge in [0.05, 0.1) is 31.3 Å². The van der Waals surface area contributed by atoms with Crippen LogP contribution < -0.4 is 0 Å². The molecule has 0 spiro atoms. The molecule has 2 saturated heterocycles. The van der Waals surface area contributed by atoms with E-state index >= 15 is 0 Å². The minimum Gasteiger partial charge on any atom is -0.466 e. The van der Waals surface area contributed by atoms with Crippen molar-refractivity contribution in [3.8, 4) is 0 Å². The Morgan fingerprint density at radius 2 is 2.29 bits per heavy atom. The molecule has 0 aromatic heterocycles. The number of carbonyl (C=O) groups is 2. The van der Waals surface area contributed by atoms with Gasteiger partial charge in [-0.2, -0.15) is 0 Å². The number of ether oxygens (including phenoxy) is 2. The molecule has 3 aliphatic rings. The molecule has 1 saturated carbocycles. The molecule has 3 atom stereocenters. The van der Waals surface area contributed by atoms with E-state index in [2.05, 4.69) is 0 Å². The molecule has 1 aliphatic carbocycles. The van der Waals surface area contributed by atoms with E-state index in [1.54, 1.807) is 0 Å². The fourth-order valence-corrected chi connectivity index (χ4v) is 4.16. The van der Waals surface area contributed by atoms with Crippen LogP contribution in [-0.4, -0.2) is 48.2 Å². The second kappa shape index (κ2) is 5.95. The van der Waals surface area contributed by atoms with Gasteiger partial charge in [-0.05, 0) is 32.1 Å². The van der Waals surface area contributed by atoms with E-state index in [0.717, 1.165) is 38.8 Å². The van der Waals surface area contributed by atoms with Crippen LogP contribution in [0.3, 0.4) is 0 Å². The zero-order chi connectivity index (χ0) is 14.9. The first kappa shape index (κ1) is 14.8. The molecule has 5 nitrogen and oxygen atoms in total. The van der Waals surface area contributed by atoms with Crippen LogP contribution in [0.5, 0.6) is 0 Å². The lowest BCUT2D eigenvalue weighted by molar-refractivity contribution is -0.148. The van der Waals surface area contributed by atoms with Crippen molar-refractivity contribution in [3.05, 3.63) is 0 Å². The van der Waals surface area contributed by atoms with E-state index in [1.165, 1.54) is 6.42 Å². The summed E-state index contributed by atoms with van der Waals surface area (Å²) in [5, 5.41) is 0. The first-order valence-corrected chi connectivity index (χ1v) is 8.23. The number of hydrogen-bond donors (Lipinski definition) is 0. The van der Waals surface area contributed by atoms with Gasteiger partial charge in [0.25, 0.3) is 0 Å². The predicted molar refractivity (Wildman–Crippen MR) is 76.6 cm³/mol. The Hall–Kier alpha value is -1.10. The number of rotatable bonds is 6. The van der Waals surface area contributed by atoms with Gasteiger partial charge in [-0.25, -0.2) is 0 Å². The topological polar surface area (TPSA) is 59.1 Å². The van der Waals surface area contributed by atoms with Gasteiger partial charge >= 0.3 is 5.97 Å². The third-order valence-corrected chi connectivity index (χ3v) is 5.26. The number of epoxide rings is 1. The Kier molecular flexibility index (Phi) is 4.20. The van der Waals surface area contributed by atoms with Gasteiger partial charge in [-0.15, -0.1) is 0 Å². The summed E-state index contributed by atoms with van der Waals surface area (Å²) < 4.78 is 10.4. The van der Waals surface area contributed by atoms with Crippen LogP contribution in [0.1, 0.15) is 51.9 Å². The summed E-state index contributed by atoms with van der Waals surface area (Å²) in [6.07, 6.45) is 6.44. The highest BCUT2D eigenvalue weighted by molar-refractivity contribution is 5.82. The van der Waals surface area contributed by atoms with Crippen LogP contribution >= 0.6 is 0 Å². The van der Waals surface area contributed by atoms with Crippen molar-refractivity contribution in [3.63, 3.8) is 0 Å². The van der Waals surface area contributed by atoms with Crippen molar-refractivity contribution in [2.24, 2.45) is 5.92 Å². The van der Waals surface area contributed by atoms with Crippen LogP contribution in [0.15, 0.2) is 0 Å². The maximum Gasteiger partial charge on any atom is 0.308 e. The van der Waals surface area contributed by atoms with E-state index in [1.807, 2.05) is 11.8 Å². The molecular formula is C16H25NO4. The molecule has 118 valence electrons. The molecular weight excluding hydrogens is 270 g/mol. The summed E-state index contributed by atoms with van der Waals surface area (Å²) >= 11 is 0. The van der Waals surface area contributed by atoms with Gasteiger partial charge in [-0.1, -0.05) is 12.8 Å². The molecule has 2 aliphatic heterocycles. The fraction of sp³-hybridized carbons (Fsp3) is 0.875. The third-order valence-electron chi connectivity index (χ3n) is 5.26. The SMILES string of the molecule is CCOC(=O)C[C@@]12CCCC[C@@H]1CC(=O)N2CCC1CO1. The van der Waals surface area contributed by atoms with Crippen LogP contribution in [0.2, 0.25) is 0 Å². The maximum absolute atomic E-state index is 12.5. The Morgan fingerprint density at radius 1 is 1.48 bits per heavy atom. The lowest BCUT2D eigenvalue weighted by Gasteiger charge is -2.44. The van der Waals surface area contributed by atoms with Gasteiger partial charge in [0.2, 0.25) is 5.91 Å². The Balaban J connectivity index is 1.76. The van der Waals surface area contributed by atoms with Gasteiger partial charge in [0.15, 0.2) is 0 Å². The largest absolute Gasteiger partial charge is 0.466 e. The number of esters is 1. The van der Waals surface area contributed by atoms with Crippen molar-refractivity contribution in [1.82, 2.24) is 4.90 Å². The van der Waals surface area contributed by atoms with Crippen molar-refractivity contribution >= 4 is 11.9 Å². The molecule has 0 aromatic rings. The molecule has 0 N–H and O–H groups in total. The van der Waals surface area contributed by atoms with E-state index in [4.69, 9.17) is 9.47 Å². The van der Waals surface area contributed by atoms with E-state index in [0.29, 0.717) is 31.5 Å². The quantitative estimate of drug-likeness (QED) is 0.554. The first-order valence-electron chi connectivity index (χ1n) is 8.23. The number of carbonyl (C=O) groups excluding carboxylic acids is 2. The zero-order valence-corrected chi connectivity index (χ0v) is 12.8. The van der Waals surface area contributed by atoms with Crippen LogP contribution in [-0.2, 0) is 19.1 Å². The van der Waals surface area contributed by atoms with Crippen molar-refractivity contribution < 1.29 is 19.1 Å². The molecule has 5 heteroatoms. The summed E-state index contributed by atoms with van der Waals surface area (Å²) in [6.45, 7) is 3.77. The standard InChI is InChI=1S/C16H25NO4/c1-2-20-15(19)10-16-7-4-3-5-12(16)9-14(18)17(16)8-6-13-11-21-13/h12-13H,2-11H2,1H3/t12-,13?,16+/m1/s1. The maximum atomic E-state index is 12.5. The average molecular weight is 295 g/mol. The van der Waals surface area contributed by atoms with Crippen LogP contribution in [0, 0.1) is 5.92 Å². The molecule has 21 heavy (non-hydrogen) atoms. The summed E-state index contributed by atoms with van der Waals surface area (Å²) in [5.74, 6) is 0.377. The highest BCUT2D eigenvalue weighted by Crippen LogP contribution is 2.48. The third kappa shape index (κ3) is 2.93. The van der Waals surface area contributed by atoms with Crippen LogP contribution in [0.4, 0.5) is 0 Å². The minimum atomic E-state index is -0.281. The highest BCUT2D eigenvalue weighted by Gasteiger charge is 2.54. The molecule has 0 bridgehead atoms. The smallest absolute Gasteiger partial charge is 0.308 e. The molecule has 0 aromatic carbocycles. The summed E-state index contributed by atoms with van der Waals surface area (Å²) in [7, 11) is 0. The number of hydrogen-bond acceptors (Lipinski definition) is 4. The normalized spacial score (nSPS) is 34.7. The van der Waals surface area contributed by atoms with Crippen LogP contribution in [0.25, 0.3) is 0 Å². The molecule has 1 unspecified atom stereocenters. The average Bonchev–Trinajstić information content (AvgIpc) is 3.22. The van der Waals surface area contributed by atoms with E-state index in [9.17, 15) is 9.59 Å². The Bertz CT molecular complexity index is 421. The van der Waals surface area contributed by atoms with Crippen molar-refractivity contribution in [1.29, 1.82) is 0 Å². The minimum absolute atomic E-state index is 0.160. The number of amides is 1. The van der Waals surface area contributed by atoms with Gasteiger partial charge in [0.1, 0.15) is 0 Å². The van der Waals surface area contributed by atoms with Crippen molar-refractivity contribution in [2.45, 2.75) is 63.5 Å². The predicted octanol–water partition coefficient (Wildman–Crippen LogP) is 1.89. The summed E-state index contributed by atoms with van der Waals surface area (Å²) in [5.41, 5.74) is -0.281. The number of likely N-dealkylation sites (tertiary alicyclic amines) is 1. The monoisotopic (exact) mass is 295 g/mol. The second-order valence-corrected chi connectivity index (χ2v) is 6.52. The molecule has 2 heterocycles. The molecule has 0 radical (unpaired) electrons.